The molecular formula is C25H43N3O5. The molecule has 3 aliphatic rings. The third-order valence-electron chi connectivity index (χ3n) is 8.23. The van der Waals surface area contributed by atoms with Crippen LogP contribution in [0.4, 0.5) is 0 Å². The average Bonchev–Trinajstić information content (AvgIpc) is 3.27. The van der Waals surface area contributed by atoms with Gasteiger partial charge in [0.05, 0.1) is 30.1 Å². The molecule has 8 heteroatoms. The molecule has 3 unspecified atom stereocenters. The molecule has 0 aliphatic carbocycles. The summed E-state index contributed by atoms with van der Waals surface area (Å²) in [4.78, 5) is 42.5. The molecule has 0 aromatic carbocycles. The van der Waals surface area contributed by atoms with Crippen molar-refractivity contribution in [3.05, 3.63) is 0 Å². The number of carbonyl (C=O) groups excluding carboxylic acids is 3. The number of hydrogen-bond acceptors (Lipinski definition) is 5. The summed E-state index contributed by atoms with van der Waals surface area (Å²) in [7, 11) is 0. The molecule has 2 bridgehead atoms. The maximum absolute atomic E-state index is 14.0. The Bertz CT molecular complexity index is 758. The van der Waals surface area contributed by atoms with Gasteiger partial charge in [-0.3, -0.25) is 14.4 Å². The second kappa shape index (κ2) is 9.90. The Hall–Kier alpha value is -1.67. The molecule has 1 spiro atoms. The molecule has 8 nitrogen and oxygen atoms in total. The smallest absolute Gasteiger partial charge is 0.245 e. The number of unbranched alkanes of at least 4 members (excludes halogenated alkanes) is 2. The van der Waals surface area contributed by atoms with Crippen molar-refractivity contribution in [3.63, 3.8) is 0 Å². The first-order valence-electron chi connectivity index (χ1n) is 12.8. The summed E-state index contributed by atoms with van der Waals surface area (Å²) in [5.41, 5.74) is -1.87. The molecular weight excluding hydrogens is 422 g/mol. The van der Waals surface area contributed by atoms with Crippen LogP contribution >= 0.6 is 0 Å². The van der Waals surface area contributed by atoms with Crippen LogP contribution in [-0.2, 0) is 19.1 Å². The maximum Gasteiger partial charge on any atom is 0.245 e. The van der Waals surface area contributed by atoms with Crippen molar-refractivity contribution >= 4 is 17.7 Å². The molecule has 3 saturated heterocycles. The summed E-state index contributed by atoms with van der Waals surface area (Å²) < 4.78 is 6.67. The average molecular weight is 466 g/mol. The zero-order valence-corrected chi connectivity index (χ0v) is 21.1. The Labute approximate surface area is 198 Å². The van der Waals surface area contributed by atoms with Gasteiger partial charge in [0.2, 0.25) is 17.7 Å². The number of hydrogen-bond donors (Lipinski definition) is 3. The highest BCUT2D eigenvalue weighted by Crippen LogP contribution is 2.65. The topological polar surface area (TPSA) is 108 Å². The van der Waals surface area contributed by atoms with Gasteiger partial charge in [0.15, 0.2) is 0 Å². The molecule has 3 amide bonds. The minimum Gasteiger partial charge on any atom is -0.394 e. The van der Waals surface area contributed by atoms with E-state index in [2.05, 4.69) is 17.6 Å². The molecule has 3 rings (SSSR count). The Kier molecular flexibility index (Phi) is 7.79. The Morgan fingerprint density at radius 3 is 2.39 bits per heavy atom. The Morgan fingerprint density at radius 1 is 1.15 bits per heavy atom. The van der Waals surface area contributed by atoms with Crippen molar-refractivity contribution in [3.8, 4) is 0 Å². The van der Waals surface area contributed by atoms with Crippen molar-refractivity contribution in [1.29, 1.82) is 0 Å². The van der Waals surface area contributed by atoms with Crippen LogP contribution in [0.3, 0.4) is 0 Å². The molecule has 3 aliphatic heterocycles. The van der Waals surface area contributed by atoms with E-state index in [1.807, 2.05) is 34.6 Å². The van der Waals surface area contributed by atoms with Gasteiger partial charge in [-0.2, -0.15) is 0 Å². The largest absolute Gasteiger partial charge is 0.394 e. The van der Waals surface area contributed by atoms with E-state index in [9.17, 15) is 19.5 Å². The number of rotatable bonds is 11. The maximum atomic E-state index is 14.0. The van der Waals surface area contributed by atoms with E-state index in [4.69, 9.17) is 4.74 Å². The third-order valence-corrected chi connectivity index (χ3v) is 8.23. The number of likely N-dealkylation sites (tertiary alicyclic amines) is 1. The number of aliphatic hydroxyl groups excluding tert-OH is 1. The summed E-state index contributed by atoms with van der Waals surface area (Å²) in [6.45, 7) is 12.7. The second-order valence-corrected chi connectivity index (χ2v) is 10.7. The highest BCUT2D eigenvalue weighted by atomic mass is 16.5. The molecule has 3 N–H and O–H groups in total. The first-order chi connectivity index (χ1) is 15.6. The molecule has 0 aromatic heterocycles. The minimum atomic E-state index is -1.06. The van der Waals surface area contributed by atoms with Crippen LogP contribution in [0.2, 0.25) is 0 Å². The summed E-state index contributed by atoms with van der Waals surface area (Å²) in [6, 6.07) is -1.38. The summed E-state index contributed by atoms with van der Waals surface area (Å²) in [6.07, 6.45) is 4.26. The van der Waals surface area contributed by atoms with Crippen molar-refractivity contribution in [1.82, 2.24) is 15.5 Å². The predicted molar refractivity (Wildman–Crippen MR) is 125 cm³/mol. The number of aliphatic hydroxyl groups is 1. The third kappa shape index (κ3) is 4.07. The highest BCUT2D eigenvalue weighted by Gasteiger charge is 2.80. The molecule has 7 atom stereocenters. The van der Waals surface area contributed by atoms with E-state index < -0.39 is 35.1 Å². The molecule has 0 saturated carbocycles. The first-order valence-corrected chi connectivity index (χ1v) is 12.8. The predicted octanol–water partition coefficient (Wildman–Crippen LogP) is 1.85. The van der Waals surface area contributed by atoms with E-state index in [-0.39, 0.29) is 36.2 Å². The van der Waals surface area contributed by atoms with Crippen LogP contribution < -0.4 is 10.6 Å². The van der Waals surface area contributed by atoms with E-state index in [0.29, 0.717) is 19.5 Å². The number of carbonyl (C=O) groups is 3. The molecule has 3 fully saturated rings. The fraction of sp³-hybridized carbons (Fsp3) is 0.880. The van der Waals surface area contributed by atoms with Crippen molar-refractivity contribution in [2.24, 2.45) is 23.7 Å². The normalized spacial score (nSPS) is 35.8. The summed E-state index contributed by atoms with van der Waals surface area (Å²) in [5.74, 6) is -2.10. The van der Waals surface area contributed by atoms with Crippen LogP contribution in [0.5, 0.6) is 0 Å². The highest BCUT2D eigenvalue weighted by molar-refractivity contribution is 5.99. The van der Waals surface area contributed by atoms with Crippen LogP contribution in [0, 0.1) is 23.7 Å². The lowest BCUT2D eigenvalue weighted by molar-refractivity contribution is -0.152. The molecule has 188 valence electrons. The van der Waals surface area contributed by atoms with Crippen LogP contribution in [0.1, 0.15) is 73.6 Å². The monoisotopic (exact) mass is 465 g/mol. The van der Waals surface area contributed by atoms with Crippen LogP contribution in [0.25, 0.3) is 0 Å². The summed E-state index contributed by atoms with van der Waals surface area (Å²) >= 11 is 0. The Balaban J connectivity index is 2.04. The minimum absolute atomic E-state index is 0.0147. The fourth-order valence-electron chi connectivity index (χ4n) is 6.40. The van der Waals surface area contributed by atoms with Crippen molar-refractivity contribution in [2.75, 3.05) is 19.7 Å². The van der Waals surface area contributed by atoms with Gasteiger partial charge in [-0.25, -0.2) is 0 Å². The SMILES string of the molecule is CCCCCNC(=O)C1N([C@@H](CO)C(C)C)C(=O)[C@@H]2[C@H](C(=O)NCCC)[C@@]3(C)OC12CC3C. The van der Waals surface area contributed by atoms with Crippen molar-refractivity contribution in [2.45, 2.75) is 96.9 Å². The Morgan fingerprint density at radius 2 is 1.82 bits per heavy atom. The van der Waals surface area contributed by atoms with Gasteiger partial charge in [-0.05, 0) is 38.0 Å². The zero-order chi connectivity index (χ0) is 24.6. The molecule has 3 heterocycles. The van der Waals surface area contributed by atoms with Gasteiger partial charge in [-0.1, -0.05) is 47.5 Å². The van der Waals surface area contributed by atoms with E-state index >= 15 is 0 Å². The van der Waals surface area contributed by atoms with Gasteiger partial charge in [0.25, 0.3) is 0 Å². The fourth-order valence-corrected chi connectivity index (χ4v) is 6.40. The molecule has 33 heavy (non-hydrogen) atoms. The summed E-state index contributed by atoms with van der Waals surface area (Å²) in [5, 5.41) is 16.2. The van der Waals surface area contributed by atoms with Gasteiger partial charge < -0.3 is 25.4 Å². The number of amides is 3. The quantitative estimate of drug-likeness (QED) is 0.404. The van der Waals surface area contributed by atoms with E-state index in [0.717, 1.165) is 25.7 Å². The number of fused-ring (bicyclic) bond motifs is 1. The first kappa shape index (κ1) is 25.9. The lowest BCUT2D eigenvalue weighted by atomic mass is 9.62. The van der Waals surface area contributed by atoms with Crippen LogP contribution in [-0.4, -0.2) is 70.7 Å². The van der Waals surface area contributed by atoms with Gasteiger partial charge in [0.1, 0.15) is 11.6 Å². The number of nitrogens with zero attached hydrogens (tertiary/aromatic N) is 1. The van der Waals surface area contributed by atoms with Crippen molar-refractivity contribution < 1.29 is 24.2 Å². The van der Waals surface area contributed by atoms with E-state index in [1.54, 1.807) is 4.90 Å². The number of ether oxygens (including phenoxy) is 1. The van der Waals surface area contributed by atoms with Gasteiger partial charge in [-0.15, -0.1) is 0 Å². The standard InChI is InChI=1S/C25H43N3O5/c1-7-9-10-12-27-22(31)20-25-13-16(5)24(6,33-25)18(21(30)26-11-8-2)19(25)23(32)28(20)17(14-29)15(3)4/h15-20,29H,7-14H2,1-6H3,(H,26,30)(H,27,31)/t16?,17-,18+,19-,20?,24-,25?/m0/s1. The van der Waals surface area contributed by atoms with Crippen LogP contribution in [0.15, 0.2) is 0 Å². The lowest BCUT2D eigenvalue weighted by Gasteiger charge is -2.38. The van der Waals surface area contributed by atoms with Gasteiger partial charge >= 0.3 is 0 Å². The van der Waals surface area contributed by atoms with Gasteiger partial charge in [0, 0.05) is 13.1 Å². The number of nitrogens with one attached hydrogen (secondary N) is 2. The molecule has 0 aromatic rings. The molecule has 0 radical (unpaired) electrons. The van der Waals surface area contributed by atoms with E-state index in [1.165, 1.54) is 0 Å². The zero-order valence-electron chi connectivity index (χ0n) is 21.1. The lowest BCUT2D eigenvalue weighted by Crippen LogP contribution is -2.59. The second-order valence-electron chi connectivity index (χ2n) is 10.7.